The zero-order valence-electron chi connectivity index (χ0n) is 20.5. The number of anilines is 1. The van der Waals surface area contributed by atoms with Crippen LogP contribution in [0.25, 0.3) is 0 Å². The fraction of sp³-hybridized carbons (Fsp3) is 0.385. The van der Waals surface area contributed by atoms with Gasteiger partial charge in [-0.2, -0.15) is 11.3 Å². The molecule has 3 amide bonds. The van der Waals surface area contributed by atoms with Crippen LogP contribution in [0, 0.1) is 0 Å². The van der Waals surface area contributed by atoms with Crippen molar-refractivity contribution in [1.82, 2.24) is 19.8 Å². The van der Waals surface area contributed by atoms with Gasteiger partial charge in [0.2, 0.25) is 17.7 Å². The Kier molecular flexibility index (Phi) is 7.85. The van der Waals surface area contributed by atoms with Gasteiger partial charge in [-0.25, -0.2) is 4.98 Å². The number of hydrogen-bond acceptors (Lipinski definition) is 6. The molecule has 2 aromatic heterocycles. The van der Waals surface area contributed by atoms with Crippen molar-refractivity contribution in [3.05, 3.63) is 70.8 Å². The average molecular weight is 509 g/mol. The lowest BCUT2D eigenvalue weighted by Crippen LogP contribution is -2.55. The maximum Gasteiger partial charge on any atom is 0.250 e. The average Bonchev–Trinajstić information content (AvgIpc) is 3.62. The lowest BCUT2D eigenvalue weighted by atomic mass is 10.0. The molecule has 1 fully saturated rings. The molecule has 36 heavy (non-hydrogen) atoms. The maximum atomic E-state index is 13.4. The van der Waals surface area contributed by atoms with Crippen molar-refractivity contribution in [3.8, 4) is 0 Å². The van der Waals surface area contributed by atoms with E-state index in [9.17, 15) is 14.4 Å². The number of nitrogens with zero attached hydrogens (tertiary/aromatic N) is 3. The Balaban J connectivity index is 1.54. The summed E-state index contributed by atoms with van der Waals surface area (Å²) in [6.07, 6.45) is 5.51. The van der Waals surface area contributed by atoms with Crippen molar-refractivity contribution in [1.29, 1.82) is 0 Å². The predicted molar refractivity (Wildman–Crippen MR) is 139 cm³/mol. The van der Waals surface area contributed by atoms with Crippen LogP contribution in [0.1, 0.15) is 43.9 Å². The van der Waals surface area contributed by atoms with Crippen LogP contribution >= 0.6 is 11.3 Å². The highest BCUT2D eigenvalue weighted by atomic mass is 32.1. The number of rotatable bonds is 9. The summed E-state index contributed by atoms with van der Waals surface area (Å²) < 4.78 is 1.72. The van der Waals surface area contributed by atoms with Crippen LogP contribution in [0.5, 0.6) is 0 Å². The molecule has 3 heterocycles. The highest BCUT2D eigenvalue weighted by Gasteiger charge is 2.31. The normalized spacial score (nSPS) is 15.4. The summed E-state index contributed by atoms with van der Waals surface area (Å²) in [5.74, 6) is -0.538. The molecule has 0 radical (unpaired) electrons. The Morgan fingerprint density at radius 1 is 1.14 bits per heavy atom. The Bertz CT molecular complexity index is 1180. The second-order valence-electron chi connectivity index (χ2n) is 9.62. The number of carbonyl (C=O) groups is 3. The van der Waals surface area contributed by atoms with Crippen molar-refractivity contribution >= 4 is 34.9 Å². The molecular formula is C26H32N6O3S. The van der Waals surface area contributed by atoms with Crippen LogP contribution in [0.4, 0.5) is 5.82 Å². The van der Waals surface area contributed by atoms with Gasteiger partial charge in [-0.05, 0) is 54.6 Å². The quantitative estimate of drug-likeness (QED) is 0.410. The molecule has 1 aromatic carbocycles. The van der Waals surface area contributed by atoms with Gasteiger partial charge in [0.1, 0.15) is 12.1 Å². The summed E-state index contributed by atoms with van der Waals surface area (Å²) in [6.45, 7) is 4.65. The molecule has 10 heteroatoms. The fourth-order valence-electron chi connectivity index (χ4n) is 4.14. The number of amides is 3. The Morgan fingerprint density at radius 3 is 2.50 bits per heavy atom. The van der Waals surface area contributed by atoms with E-state index in [0.717, 1.165) is 37.1 Å². The van der Waals surface area contributed by atoms with Crippen molar-refractivity contribution in [2.75, 3.05) is 18.4 Å². The van der Waals surface area contributed by atoms with Gasteiger partial charge in [0.05, 0.1) is 11.9 Å². The molecule has 0 aliphatic carbocycles. The van der Waals surface area contributed by atoms with Crippen LogP contribution in [-0.2, 0) is 20.8 Å². The summed E-state index contributed by atoms with van der Waals surface area (Å²) in [5, 5.41) is 9.41. The molecule has 4 N–H and O–H groups in total. The van der Waals surface area contributed by atoms with Crippen molar-refractivity contribution in [2.24, 2.45) is 5.73 Å². The third-order valence-electron chi connectivity index (χ3n) is 6.14. The van der Waals surface area contributed by atoms with Gasteiger partial charge in [0, 0.05) is 25.7 Å². The molecule has 1 saturated heterocycles. The first-order valence-corrected chi connectivity index (χ1v) is 13.0. The van der Waals surface area contributed by atoms with Gasteiger partial charge in [-0.15, -0.1) is 0 Å². The molecule has 0 saturated carbocycles. The van der Waals surface area contributed by atoms with E-state index >= 15 is 0 Å². The van der Waals surface area contributed by atoms with E-state index in [1.807, 2.05) is 52.1 Å². The van der Waals surface area contributed by atoms with E-state index in [1.165, 1.54) is 11.3 Å². The zero-order chi connectivity index (χ0) is 25.7. The van der Waals surface area contributed by atoms with E-state index in [2.05, 4.69) is 15.6 Å². The maximum absolute atomic E-state index is 13.4. The van der Waals surface area contributed by atoms with Crippen LogP contribution in [0.15, 0.2) is 59.7 Å². The lowest BCUT2D eigenvalue weighted by Gasteiger charge is -2.24. The van der Waals surface area contributed by atoms with E-state index in [1.54, 1.807) is 30.9 Å². The zero-order valence-corrected chi connectivity index (χ0v) is 21.3. The van der Waals surface area contributed by atoms with Gasteiger partial charge in [-0.3, -0.25) is 14.4 Å². The first kappa shape index (κ1) is 25.6. The van der Waals surface area contributed by atoms with Gasteiger partial charge in [-0.1, -0.05) is 30.3 Å². The standard InChI is InChI=1S/C26H32N6O3S/c1-26(2,27)25(35)29-20(14-18-10-13-36-16-18)23(33)30-21-15-32(17-28-21)22(19-8-4-3-5-9-19)24(34)31-11-6-7-12-31/h3-5,8-10,13,15-17,20,22H,6-7,11-12,14,27H2,1-2H3,(H,29,35)(H,30,33)/t20-,22?/m1/s1. The number of aromatic nitrogens is 2. The summed E-state index contributed by atoms with van der Waals surface area (Å²) in [6, 6.07) is 10.0. The topological polar surface area (TPSA) is 122 Å². The predicted octanol–water partition coefficient (Wildman–Crippen LogP) is 2.56. The first-order chi connectivity index (χ1) is 17.2. The Morgan fingerprint density at radius 2 is 1.86 bits per heavy atom. The molecule has 0 spiro atoms. The molecule has 9 nitrogen and oxygen atoms in total. The third-order valence-corrected chi connectivity index (χ3v) is 6.88. The van der Waals surface area contributed by atoms with Crippen LogP contribution < -0.4 is 16.4 Å². The Hall–Kier alpha value is -3.50. The van der Waals surface area contributed by atoms with Crippen molar-refractivity contribution in [3.63, 3.8) is 0 Å². The molecule has 190 valence electrons. The number of hydrogen-bond donors (Lipinski definition) is 3. The number of benzene rings is 1. The van der Waals surface area contributed by atoms with Gasteiger partial charge in [0.15, 0.2) is 5.82 Å². The van der Waals surface area contributed by atoms with E-state index in [-0.39, 0.29) is 5.91 Å². The van der Waals surface area contributed by atoms with Gasteiger partial charge < -0.3 is 25.8 Å². The smallest absolute Gasteiger partial charge is 0.250 e. The van der Waals surface area contributed by atoms with Crippen molar-refractivity contribution < 1.29 is 14.4 Å². The van der Waals surface area contributed by atoms with Crippen LogP contribution in [-0.4, -0.2) is 56.8 Å². The Labute approximate surface area is 214 Å². The van der Waals surface area contributed by atoms with Crippen molar-refractivity contribution in [2.45, 2.75) is 50.7 Å². The number of nitrogens with one attached hydrogen (secondary N) is 2. The van der Waals surface area contributed by atoms with E-state index in [0.29, 0.717) is 12.2 Å². The number of carbonyl (C=O) groups excluding carboxylic acids is 3. The monoisotopic (exact) mass is 508 g/mol. The number of thiophene rings is 1. The second-order valence-corrected chi connectivity index (χ2v) is 10.4. The summed E-state index contributed by atoms with van der Waals surface area (Å²) >= 11 is 1.52. The molecular weight excluding hydrogens is 476 g/mol. The molecule has 4 rings (SSSR count). The highest BCUT2D eigenvalue weighted by molar-refractivity contribution is 7.07. The van der Waals surface area contributed by atoms with E-state index in [4.69, 9.17) is 5.73 Å². The second kappa shape index (κ2) is 11.0. The molecule has 0 bridgehead atoms. The molecule has 2 atom stereocenters. The minimum Gasteiger partial charge on any atom is -0.342 e. The summed E-state index contributed by atoms with van der Waals surface area (Å²) in [5.41, 5.74) is 6.58. The minimum absolute atomic E-state index is 0.00162. The number of nitrogens with two attached hydrogens (primary N) is 1. The molecule has 1 unspecified atom stereocenters. The highest BCUT2D eigenvalue weighted by Crippen LogP contribution is 2.24. The van der Waals surface area contributed by atoms with E-state index < -0.39 is 29.4 Å². The number of likely N-dealkylation sites (tertiary alicyclic amines) is 1. The third kappa shape index (κ3) is 6.19. The summed E-state index contributed by atoms with van der Waals surface area (Å²) in [4.78, 5) is 45.4. The van der Waals surface area contributed by atoms with Gasteiger partial charge >= 0.3 is 0 Å². The minimum atomic E-state index is -1.13. The molecule has 1 aliphatic rings. The molecule has 3 aromatic rings. The largest absolute Gasteiger partial charge is 0.342 e. The SMILES string of the molecule is CC(C)(N)C(=O)N[C@H](Cc1ccsc1)C(=O)Nc1cn(C(C(=O)N2CCCC2)c2ccccc2)cn1. The first-order valence-electron chi connectivity index (χ1n) is 12.0. The van der Waals surface area contributed by atoms with Gasteiger partial charge in [0.25, 0.3) is 0 Å². The molecule has 1 aliphatic heterocycles. The van der Waals surface area contributed by atoms with Crippen LogP contribution in [0.2, 0.25) is 0 Å². The summed E-state index contributed by atoms with van der Waals surface area (Å²) in [7, 11) is 0. The fourth-order valence-corrected chi connectivity index (χ4v) is 4.82. The number of imidazole rings is 1. The lowest BCUT2D eigenvalue weighted by molar-refractivity contribution is -0.132. The van der Waals surface area contributed by atoms with Crippen LogP contribution in [0.3, 0.4) is 0 Å².